The van der Waals surface area contributed by atoms with E-state index >= 15 is 0 Å². The fourth-order valence-electron chi connectivity index (χ4n) is 2.26. The normalized spacial score (nSPS) is 11.8. The van der Waals surface area contributed by atoms with Crippen LogP contribution >= 0.6 is 0 Å². The first-order valence-electron chi connectivity index (χ1n) is 7.84. The molecule has 1 nitrogen and oxygen atoms in total. The molecule has 0 unspecified atom stereocenters. The summed E-state index contributed by atoms with van der Waals surface area (Å²) in [5, 5.41) is 3.54. The van der Waals surface area contributed by atoms with Crippen LogP contribution in [0, 0.1) is 0 Å². The van der Waals surface area contributed by atoms with Crippen LogP contribution in [0.5, 0.6) is 0 Å². The van der Waals surface area contributed by atoms with E-state index in [4.69, 9.17) is 0 Å². The molecule has 108 valence electrons. The standard InChI is InChI=1S/C18H31N/c1-5-9-16-11-13-17(14-12-16)10-7-6-8-15-19-18(2,3)4/h11-14,19H,5-10,15H2,1-4H3. The van der Waals surface area contributed by atoms with Crippen LogP contribution in [0.1, 0.15) is 64.5 Å². The second-order valence-corrected chi connectivity index (χ2v) is 6.55. The SMILES string of the molecule is CCCc1ccc(CCCCCNC(C)(C)C)cc1. The minimum atomic E-state index is 0.259. The predicted molar refractivity (Wildman–Crippen MR) is 85.7 cm³/mol. The Morgan fingerprint density at radius 2 is 1.42 bits per heavy atom. The molecule has 1 N–H and O–H groups in total. The molecule has 0 amide bonds. The zero-order valence-electron chi connectivity index (χ0n) is 13.3. The molecule has 19 heavy (non-hydrogen) atoms. The molecule has 0 heterocycles. The fraction of sp³-hybridized carbons (Fsp3) is 0.667. The topological polar surface area (TPSA) is 12.0 Å². The van der Waals surface area contributed by atoms with Crippen molar-refractivity contribution >= 4 is 0 Å². The fourth-order valence-corrected chi connectivity index (χ4v) is 2.26. The van der Waals surface area contributed by atoms with Gasteiger partial charge in [-0.3, -0.25) is 0 Å². The average molecular weight is 261 g/mol. The van der Waals surface area contributed by atoms with Gasteiger partial charge in [0, 0.05) is 5.54 Å². The minimum absolute atomic E-state index is 0.259. The Morgan fingerprint density at radius 1 is 0.842 bits per heavy atom. The number of aryl methyl sites for hydroxylation is 2. The summed E-state index contributed by atoms with van der Waals surface area (Å²) in [6.07, 6.45) is 7.57. The van der Waals surface area contributed by atoms with E-state index in [2.05, 4.69) is 57.3 Å². The minimum Gasteiger partial charge on any atom is -0.312 e. The van der Waals surface area contributed by atoms with E-state index in [1.54, 1.807) is 0 Å². The molecule has 1 aromatic rings. The van der Waals surface area contributed by atoms with E-state index in [0.717, 1.165) is 6.54 Å². The molecule has 1 heteroatoms. The summed E-state index contributed by atoms with van der Waals surface area (Å²) in [7, 11) is 0. The van der Waals surface area contributed by atoms with Crippen molar-refractivity contribution in [2.75, 3.05) is 6.54 Å². The molecule has 0 radical (unpaired) electrons. The van der Waals surface area contributed by atoms with Crippen LogP contribution < -0.4 is 5.32 Å². The maximum absolute atomic E-state index is 3.54. The first-order valence-corrected chi connectivity index (χ1v) is 7.84. The van der Waals surface area contributed by atoms with Crippen LogP contribution in [0.25, 0.3) is 0 Å². The molecular weight excluding hydrogens is 230 g/mol. The molecule has 0 aliphatic carbocycles. The highest BCUT2D eigenvalue weighted by atomic mass is 14.9. The quantitative estimate of drug-likeness (QED) is 0.666. The Labute approximate surface area is 119 Å². The van der Waals surface area contributed by atoms with Gasteiger partial charge < -0.3 is 5.32 Å². The summed E-state index contributed by atoms with van der Waals surface area (Å²) in [5.74, 6) is 0. The number of hydrogen-bond acceptors (Lipinski definition) is 1. The lowest BCUT2D eigenvalue weighted by molar-refractivity contribution is 0.417. The summed E-state index contributed by atoms with van der Waals surface area (Å²) in [5.41, 5.74) is 3.22. The van der Waals surface area contributed by atoms with Gasteiger partial charge in [0.15, 0.2) is 0 Å². The number of nitrogens with one attached hydrogen (secondary N) is 1. The van der Waals surface area contributed by atoms with Crippen molar-refractivity contribution in [1.82, 2.24) is 5.32 Å². The van der Waals surface area contributed by atoms with E-state index in [-0.39, 0.29) is 5.54 Å². The lowest BCUT2D eigenvalue weighted by Gasteiger charge is -2.20. The largest absolute Gasteiger partial charge is 0.312 e. The van der Waals surface area contributed by atoms with Crippen molar-refractivity contribution in [3.63, 3.8) is 0 Å². The smallest absolute Gasteiger partial charge is 0.00965 e. The highest BCUT2D eigenvalue weighted by Crippen LogP contribution is 2.10. The van der Waals surface area contributed by atoms with Crippen LogP contribution in [0.3, 0.4) is 0 Å². The number of rotatable bonds is 8. The summed E-state index contributed by atoms with van der Waals surface area (Å²) in [6, 6.07) is 9.19. The second-order valence-electron chi connectivity index (χ2n) is 6.55. The maximum atomic E-state index is 3.54. The van der Waals surface area contributed by atoms with Gasteiger partial charge in [-0.05, 0) is 64.1 Å². The van der Waals surface area contributed by atoms with Gasteiger partial charge in [0.25, 0.3) is 0 Å². The maximum Gasteiger partial charge on any atom is 0.00965 e. The Bertz CT molecular complexity index is 332. The zero-order valence-corrected chi connectivity index (χ0v) is 13.3. The van der Waals surface area contributed by atoms with Gasteiger partial charge in [0.05, 0.1) is 0 Å². The van der Waals surface area contributed by atoms with Gasteiger partial charge in [0.1, 0.15) is 0 Å². The van der Waals surface area contributed by atoms with E-state index in [1.165, 1.54) is 49.7 Å². The van der Waals surface area contributed by atoms with E-state index in [9.17, 15) is 0 Å². The van der Waals surface area contributed by atoms with Crippen molar-refractivity contribution in [3.8, 4) is 0 Å². The van der Waals surface area contributed by atoms with Gasteiger partial charge in [-0.2, -0.15) is 0 Å². The molecule has 0 fully saturated rings. The zero-order chi connectivity index (χ0) is 14.1. The molecule has 1 aromatic carbocycles. The summed E-state index contributed by atoms with van der Waals surface area (Å²) >= 11 is 0. The molecule has 0 aliphatic heterocycles. The van der Waals surface area contributed by atoms with Crippen molar-refractivity contribution in [2.24, 2.45) is 0 Å². The van der Waals surface area contributed by atoms with Crippen LogP contribution in [-0.4, -0.2) is 12.1 Å². The van der Waals surface area contributed by atoms with Crippen molar-refractivity contribution in [2.45, 2.75) is 71.8 Å². The molecule has 0 bridgehead atoms. The van der Waals surface area contributed by atoms with E-state index in [1.807, 2.05) is 0 Å². The van der Waals surface area contributed by atoms with Gasteiger partial charge in [-0.15, -0.1) is 0 Å². The molecule has 0 saturated heterocycles. The lowest BCUT2D eigenvalue weighted by Crippen LogP contribution is -2.36. The van der Waals surface area contributed by atoms with E-state index in [0.29, 0.717) is 0 Å². The van der Waals surface area contributed by atoms with Crippen LogP contribution in [-0.2, 0) is 12.8 Å². The molecule has 0 aromatic heterocycles. The summed E-state index contributed by atoms with van der Waals surface area (Å²) in [6.45, 7) is 10.1. The van der Waals surface area contributed by atoms with Gasteiger partial charge in [-0.25, -0.2) is 0 Å². The molecule has 0 aliphatic rings. The monoisotopic (exact) mass is 261 g/mol. The molecule has 1 rings (SSSR count). The van der Waals surface area contributed by atoms with Crippen LogP contribution in [0.2, 0.25) is 0 Å². The molecule has 0 saturated carbocycles. The number of hydrogen-bond donors (Lipinski definition) is 1. The summed E-state index contributed by atoms with van der Waals surface area (Å²) < 4.78 is 0. The molecular formula is C18H31N. The van der Waals surface area contributed by atoms with Gasteiger partial charge in [0.2, 0.25) is 0 Å². The Morgan fingerprint density at radius 3 is 1.95 bits per heavy atom. The number of benzene rings is 1. The Balaban J connectivity index is 2.12. The molecule has 0 atom stereocenters. The van der Waals surface area contributed by atoms with Crippen LogP contribution in [0.15, 0.2) is 24.3 Å². The first kappa shape index (κ1) is 16.2. The third kappa shape index (κ3) is 8.05. The third-order valence-corrected chi connectivity index (χ3v) is 3.36. The first-order chi connectivity index (χ1) is 9.01. The Kier molecular flexibility index (Phi) is 7.15. The molecule has 0 spiro atoms. The van der Waals surface area contributed by atoms with Gasteiger partial charge in [-0.1, -0.05) is 44.0 Å². The highest BCUT2D eigenvalue weighted by Gasteiger charge is 2.06. The number of unbranched alkanes of at least 4 members (excludes halogenated alkanes) is 2. The van der Waals surface area contributed by atoms with Crippen molar-refractivity contribution in [3.05, 3.63) is 35.4 Å². The summed E-state index contributed by atoms with van der Waals surface area (Å²) in [4.78, 5) is 0. The average Bonchev–Trinajstić information content (AvgIpc) is 2.35. The van der Waals surface area contributed by atoms with Gasteiger partial charge >= 0.3 is 0 Å². The van der Waals surface area contributed by atoms with Crippen molar-refractivity contribution < 1.29 is 0 Å². The Hall–Kier alpha value is -0.820. The predicted octanol–water partition coefficient (Wildman–Crippen LogP) is 4.74. The lowest BCUT2D eigenvalue weighted by atomic mass is 10.0. The third-order valence-electron chi connectivity index (χ3n) is 3.36. The van der Waals surface area contributed by atoms with Crippen molar-refractivity contribution in [1.29, 1.82) is 0 Å². The second kappa shape index (κ2) is 8.37. The highest BCUT2D eigenvalue weighted by molar-refractivity contribution is 5.22. The van der Waals surface area contributed by atoms with Crippen LogP contribution in [0.4, 0.5) is 0 Å². The van der Waals surface area contributed by atoms with E-state index < -0.39 is 0 Å².